The van der Waals surface area contributed by atoms with Gasteiger partial charge in [-0.25, -0.2) is 4.98 Å². The van der Waals surface area contributed by atoms with Crippen molar-refractivity contribution < 1.29 is 4.74 Å². The standard InChI is InChI=1S/C15H18ClNO/c1-3-5-13-10-12-7-4-6-11(8-9-18-2)14(12)17-15(13)16/h4,6-7,10H,3,5,8-9H2,1-2H3. The molecule has 0 aliphatic rings. The van der Waals surface area contributed by atoms with Crippen molar-refractivity contribution in [2.45, 2.75) is 26.2 Å². The van der Waals surface area contributed by atoms with Crippen LogP contribution >= 0.6 is 11.6 Å². The number of hydrogen-bond acceptors (Lipinski definition) is 2. The summed E-state index contributed by atoms with van der Waals surface area (Å²) in [5, 5.41) is 1.80. The quantitative estimate of drug-likeness (QED) is 0.760. The Hall–Kier alpha value is -1.12. The Morgan fingerprint density at radius 2 is 2.06 bits per heavy atom. The molecule has 18 heavy (non-hydrogen) atoms. The van der Waals surface area contributed by atoms with E-state index in [9.17, 15) is 0 Å². The number of aromatic nitrogens is 1. The zero-order valence-corrected chi connectivity index (χ0v) is 11.6. The largest absolute Gasteiger partial charge is 0.384 e. The van der Waals surface area contributed by atoms with Gasteiger partial charge in [0.25, 0.3) is 0 Å². The van der Waals surface area contributed by atoms with E-state index in [4.69, 9.17) is 16.3 Å². The van der Waals surface area contributed by atoms with E-state index in [2.05, 4.69) is 36.2 Å². The molecule has 0 radical (unpaired) electrons. The molecule has 0 N–H and O–H groups in total. The highest BCUT2D eigenvalue weighted by Gasteiger charge is 2.07. The summed E-state index contributed by atoms with van der Waals surface area (Å²) >= 11 is 6.25. The molecular weight excluding hydrogens is 246 g/mol. The predicted octanol–water partition coefficient (Wildman–Crippen LogP) is 4.03. The van der Waals surface area contributed by atoms with Crippen molar-refractivity contribution in [1.29, 1.82) is 0 Å². The van der Waals surface area contributed by atoms with Crippen molar-refractivity contribution in [2.24, 2.45) is 0 Å². The van der Waals surface area contributed by atoms with Crippen LogP contribution in [0.25, 0.3) is 10.9 Å². The lowest BCUT2D eigenvalue weighted by Gasteiger charge is -2.09. The van der Waals surface area contributed by atoms with Gasteiger partial charge in [-0.2, -0.15) is 0 Å². The number of hydrogen-bond donors (Lipinski definition) is 0. The smallest absolute Gasteiger partial charge is 0.132 e. The molecule has 1 aromatic heterocycles. The van der Waals surface area contributed by atoms with Crippen LogP contribution < -0.4 is 0 Å². The zero-order chi connectivity index (χ0) is 13.0. The monoisotopic (exact) mass is 263 g/mol. The zero-order valence-electron chi connectivity index (χ0n) is 10.9. The molecule has 0 aliphatic heterocycles. The Morgan fingerprint density at radius 1 is 1.22 bits per heavy atom. The Kier molecular flexibility index (Phi) is 4.56. The van der Waals surface area contributed by atoms with E-state index in [0.717, 1.165) is 35.7 Å². The fourth-order valence-electron chi connectivity index (χ4n) is 2.14. The minimum atomic E-state index is 0.634. The van der Waals surface area contributed by atoms with E-state index >= 15 is 0 Å². The molecule has 3 heteroatoms. The molecule has 0 aliphatic carbocycles. The molecule has 0 saturated heterocycles. The van der Waals surface area contributed by atoms with Gasteiger partial charge in [0, 0.05) is 12.5 Å². The van der Waals surface area contributed by atoms with Gasteiger partial charge in [0.15, 0.2) is 0 Å². The minimum absolute atomic E-state index is 0.634. The first-order valence-electron chi connectivity index (χ1n) is 6.32. The average molecular weight is 264 g/mol. The van der Waals surface area contributed by atoms with Crippen molar-refractivity contribution >= 4 is 22.5 Å². The van der Waals surface area contributed by atoms with E-state index in [-0.39, 0.29) is 0 Å². The third-order valence-electron chi connectivity index (χ3n) is 3.05. The molecule has 1 aromatic carbocycles. The van der Waals surface area contributed by atoms with Crippen LogP contribution in [0, 0.1) is 0 Å². The molecule has 2 aromatic rings. The van der Waals surface area contributed by atoms with Crippen molar-refractivity contribution in [1.82, 2.24) is 4.98 Å². The third-order valence-corrected chi connectivity index (χ3v) is 3.38. The summed E-state index contributed by atoms with van der Waals surface area (Å²) in [5.41, 5.74) is 3.33. The number of methoxy groups -OCH3 is 1. The van der Waals surface area contributed by atoms with Crippen LogP contribution in [0.2, 0.25) is 5.15 Å². The number of ether oxygens (including phenoxy) is 1. The average Bonchev–Trinajstić information content (AvgIpc) is 2.38. The van der Waals surface area contributed by atoms with Crippen molar-refractivity contribution in [3.8, 4) is 0 Å². The molecule has 0 spiro atoms. The first-order valence-corrected chi connectivity index (χ1v) is 6.70. The maximum atomic E-state index is 6.25. The summed E-state index contributed by atoms with van der Waals surface area (Å²) in [6, 6.07) is 8.40. The summed E-state index contributed by atoms with van der Waals surface area (Å²) in [5.74, 6) is 0. The lowest BCUT2D eigenvalue weighted by molar-refractivity contribution is 0.202. The normalized spacial score (nSPS) is 11.1. The summed E-state index contributed by atoms with van der Waals surface area (Å²) in [7, 11) is 1.71. The lowest BCUT2D eigenvalue weighted by atomic mass is 10.0. The van der Waals surface area contributed by atoms with Gasteiger partial charge in [-0.05, 0) is 30.0 Å². The Balaban J connectivity index is 2.46. The maximum Gasteiger partial charge on any atom is 0.132 e. The highest BCUT2D eigenvalue weighted by molar-refractivity contribution is 6.30. The van der Waals surface area contributed by atoms with Gasteiger partial charge in [0.05, 0.1) is 12.1 Å². The lowest BCUT2D eigenvalue weighted by Crippen LogP contribution is -1.98. The molecule has 0 amide bonds. The predicted molar refractivity (Wildman–Crippen MR) is 76.3 cm³/mol. The van der Waals surface area contributed by atoms with Gasteiger partial charge in [-0.3, -0.25) is 0 Å². The van der Waals surface area contributed by atoms with E-state index in [0.29, 0.717) is 11.8 Å². The molecule has 0 unspecified atom stereocenters. The number of pyridine rings is 1. The number of para-hydroxylation sites is 1. The molecule has 2 nitrogen and oxygen atoms in total. The molecule has 0 saturated carbocycles. The van der Waals surface area contributed by atoms with E-state index in [1.807, 2.05) is 0 Å². The number of aryl methyl sites for hydroxylation is 1. The first-order chi connectivity index (χ1) is 8.76. The number of fused-ring (bicyclic) bond motifs is 1. The van der Waals surface area contributed by atoms with Crippen molar-refractivity contribution in [3.05, 3.63) is 40.5 Å². The topological polar surface area (TPSA) is 22.1 Å². The SMILES string of the molecule is CCCc1cc2cccc(CCOC)c2nc1Cl. The third kappa shape index (κ3) is 2.82. The second-order valence-corrected chi connectivity index (χ2v) is 4.78. The van der Waals surface area contributed by atoms with Crippen LogP contribution in [-0.4, -0.2) is 18.7 Å². The molecule has 96 valence electrons. The Morgan fingerprint density at radius 3 is 2.78 bits per heavy atom. The Bertz CT molecular complexity index is 539. The van der Waals surface area contributed by atoms with Gasteiger partial charge < -0.3 is 4.74 Å². The number of halogens is 1. The van der Waals surface area contributed by atoms with Crippen LogP contribution in [0.1, 0.15) is 24.5 Å². The van der Waals surface area contributed by atoms with Crippen LogP contribution in [0.3, 0.4) is 0 Å². The second-order valence-electron chi connectivity index (χ2n) is 4.42. The van der Waals surface area contributed by atoms with Gasteiger partial charge in [0.1, 0.15) is 5.15 Å². The summed E-state index contributed by atoms with van der Waals surface area (Å²) in [6.07, 6.45) is 2.92. The Labute approximate surface area is 113 Å². The van der Waals surface area contributed by atoms with Gasteiger partial charge in [0.2, 0.25) is 0 Å². The fraction of sp³-hybridized carbons (Fsp3) is 0.400. The van der Waals surface area contributed by atoms with Crippen LogP contribution in [0.5, 0.6) is 0 Å². The van der Waals surface area contributed by atoms with E-state index in [1.165, 1.54) is 5.56 Å². The van der Waals surface area contributed by atoms with Gasteiger partial charge in [-0.15, -0.1) is 0 Å². The molecule has 0 atom stereocenters. The van der Waals surface area contributed by atoms with E-state index in [1.54, 1.807) is 7.11 Å². The highest BCUT2D eigenvalue weighted by atomic mass is 35.5. The van der Waals surface area contributed by atoms with Crippen LogP contribution in [0.4, 0.5) is 0 Å². The molecule has 2 rings (SSSR count). The molecule has 1 heterocycles. The van der Waals surface area contributed by atoms with Crippen molar-refractivity contribution in [2.75, 3.05) is 13.7 Å². The summed E-state index contributed by atoms with van der Waals surface area (Å²) in [6.45, 7) is 2.85. The second kappa shape index (κ2) is 6.17. The van der Waals surface area contributed by atoms with Gasteiger partial charge in [-0.1, -0.05) is 43.1 Å². The summed E-state index contributed by atoms with van der Waals surface area (Å²) < 4.78 is 5.13. The van der Waals surface area contributed by atoms with Crippen LogP contribution in [-0.2, 0) is 17.6 Å². The molecule has 0 bridgehead atoms. The first kappa shape index (κ1) is 13.3. The number of rotatable bonds is 5. The minimum Gasteiger partial charge on any atom is -0.384 e. The van der Waals surface area contributed by atoms with Crippen LogP contribution in [0.15, 0.2) is 24.3 Å². The highest BCUT2D eigenvalue weighted by Crippen LogP contribution is 2.24. The van der Waals surface area contributed by atoms with E-state index < -0.39 is 0 Å². The maximum absolute atomic E-state index is 6.25. The number of benzene rings is 1. The summed E-state index contributed by atoms with van der Waals surface area (Å²) in [4.78, 5) is 4.56. The van der Waals surface area contributed by atoms with Gasteiger partial charge >= 0.3 is 0 Å². The number of nitrogens with zero attached hydrogens (tertiary/aromatic N) is 1. The van der Waals surface area contributed by atoms with Crippen molar-refractivity contribution in [3.63, 3.8) is 0 Å². The molecule has 0 fully saturated rings. The fourth-order valence-corrected chi connectivity index (χ4v) is 2.37. The molecular formula is C15H18ClNO.